The molecular weight excluding hydrogens is 176 g/mol. The van der Waals surface area contributed by atoms with Crippen LogP contribution >= 0.6 is 0 Å². The number of benzene rings is 2. The van der Waals surface area contributed by atoms with Crippen LogP contribution in [0.3, 0.4) is 0 Å². The lowest BCUT2D eigenvalue weighted by atomic mass is 10.4. The molecule has 0 bridgehead atoms. The summed E-state index contributed by atoms with van der Waals surface area (Å²) in [5.74, 6) is 0. The molecule has 0 aromatic heterocycles. The largest absolute Gasteiger partial charge is 0.284 e. The van der Waals surface area contributed by atoms with E-state index in [1.165, 1.54) is 9.79 Å². The van der Waals surface area contributed by atoms with Crippen LogP contribution in [-0.2, 0) is 11.8 Å². The molecule has 0 heterocycles. The number of rotatable bonds is 2. The van der Waals surface area contributed by atoms with E-state index in [2.05, 4.69) is 48.5 Å². The van der Waals surface area contributed by atoms with E-state index >= 15 is 0 Å². The molecule has 0 fully saturated rings. The van der Waals surface area contributed by atoms with Gasteiger partial charge in [-0.15, -0.1) is 0 Å². The second kappa shape index (κ2) is 4.15. The Morgan fingerprint density at radius 2 is 0.923 bits per heavy atom. The van der Waals surface area contributed by atoms with Crippen LogP contribution in [0.5, 0.6) is 0 Å². The minimum Gasteiger partial charge on any atom is -0.0619 e. The first-order valence-corrected chi connectivity index (χ1v) is 5.05. The van der Waals surface area contributed by atoms with Gasteiger partial charge in [-0.2, -0.15) is 0 Å². The van der Waals surface area contributed by atoms with Crippen molar-refractivity contribution < 1.29 is 0 Å². The molecule has 13 heavy (non-hydrogen) atoms. The number of hydrogen-bond acceptors (Lipinski definition) is 1. The summed E-state index contributed by atoms with van der Waals surface area (Å²) in [6, 6.07) is 20.8. The molecule has 0 saturated heterocycles. The van der Waals surface area contributed by atoms with Crippen molar-refractivity contribution in [1.82, 2.24) is 0 Å². The highest BCUT2D eigenvalue weighted by atomic mass is 32.2. The molecule has 0 aliphatic heterocycles. The van der Waals surface area contributed by atoms with Crippen molar-refractivity contribution in [3.63, 3.8) is 0 Å². The van der Waals surface area contributed by atoms with Crippen LogP contribution in [-0.4, -0.2) is 0 Å². The van der Waals surface area contributed by atoms with Gasteiger partial charge in [0.2, 0.25) is 9.79 Å². The molecule has 63 valence electrons. The van der Waals surface area contributed by atoms with Crippen molar-refractivity contribution in [1.29, 1.82) is 0 Å². The summed E-state index contributed by atoms with van der Waals surface area (Å²) in [6.07, 6.45) is 0. The van der Waals surface area contributed by atoms with E-state index in [9.17, 15) is 0 Å². The maximum Gasteiger partial charge on any atom is 0.284 e. The van der Waals surface area contributed by atoms with E-state index in [1.54, 1.807) is 11.8 Å². The second-order valence-electron chi connectivity index (χ2n) is 2.73. The van der Waals surface area contributed by atoms with Crippen LogP contribution in [0.2, 0.25) is 0 Å². The predicted molar refractivity (Wildman–Crippen MR) is 56.8 cm³/mol. The van der Waals surface area contributed by atoms with Crippen molar-refractivity contribution in [2.75, 3.05) is 0 Å². The van der Waals surface area contributed by atoms with Gasteiger partial charge >= 0.3 is 0 Å². The van der Waals surface area contributed by atoms with Gasteiger partial charge in [0, 0.05) is 0 Å². The van der Waals surface area contributed by atoms with Crippen LogP contribution in [0.4, 0.5) is 0 Å². The van der Waals surface area contributed by atoms with E-state index in [1.807, 2.05) is 12.1 Å². The Morgan fingerprint density at radius 3 is 1.31 bits per heavy atom. The molecule has 0 nitrogen and oxygen atoms in total. The molecule has 0 aliphatic rings. The average Bonchev–Trinajstić information content (AvgIpc) is 2.21. The summed E-state index contributed by atoms with van der Waals surface area (Å²) < 4.78 is 0. The maximum absolute atomic E-state index is 2.12. The van der Waals surface area contributed by atoms with Gasteiger partial charge in [0.05, 0.1) is 0 Å². The van der Waals surface area contributed by atoms with E-state index < -0.39 is 0 Å². The molecule has 0 amide bonds. The van der Waals surface area contributed by atoms with Gasteiger partial charge in [-0.05, 0) is 24.3 Å². The van der Waals surface area contributed by atoms with Gasteiger partial charge in [-0.1, -0.05) is 36.4 Å². The molecule has 0 aliphatic carbocycles. The van der Waals surface area contributed by atoms with Crippen molar-refractivity contribution >= 4 is 11.8 Å². The molecule has 0 N–H and O–H groups in total. The van der Waals surface area contributed by atoms with Crippen molar-refractivity contribution in [2.45, 2.75) is 9.79 Å². The fourth-order valence-corrected chi connectivity index (χ4v) is 1.97. The zero-order valence-electron chi connectivity index (χ0n) is 7.18. The summed E-state index contributed by atoms with van der Waals surface area (Å²) in [7, 11) is 0. The Balaban J connectivity index is 2.16. The first-order chi connectivity index (χ1) is 6.45. The third kappa shape index (κ3) is 2.36. The average molecular weight is 186 g/mol. The fourth-order valence-electron chi connectivity index (χ4n) is 1.11. The van der Waals surface area contributed by atoms with Gasteiger partial charge in [-0.3, -0.25) is 0 Å². The summed E-state index contributed by atoms with van der Waals surface area (Å²) in [5.41, 5.74) is 0. The van der Waals surface area contributed by atoms with E-state index in [0.717, 1.165) is 0 Å². The quantitative estimate of drug-likeness (QED) is 0.649. The zero-order chi connectivity index (χ0) is 8.93. The van der Waals surface area contributed by atoms with Crippen molar-refractivity contribution in [3.05, 3.63) is 60.7 Å². The Bertz CT molecular complexity index is 316. The maximum atomic E-state index is 2.12. The van der Waals surface area contributed by atoms with E-state index in [-0.39, 0.29) is 0 Å². The summed E-state index contributed by atoms with van der Waals surface area (Å²) >= 11 is 1.79. The summed E-state index contributed by atoms with van der Waals surface area (Å²) in [4.78, 5) is 2.57. The minimum atomic E-state index is 1.29. The van der Waals surface area contributed by atoms with E-state index in [0.29, 0.717) is 0 Å². The standard InChI is InChI=1S/C12H10S/c1-3-7-11(8-4-1)13-12-9-5-2-6-10-12/h1-10H/q+1. The molecule has 0 spiro atoms. The number of hydrogen-bond donors (Lipinski definition) is 0. The molecule has 0 saturated carbocycles. The van der Waals surface area contributed by atoms with Crippen molar-refractivity contribution in [2.24, 2.45) is 0 Å². The van der Waals surface area contributed by atoms with Crippen LogP contribution in [0.1, 0.15) is 0 Å². The van der Waals surface area contributed by atoms with Gasteiger partial charge in [0.15, 0.2) is 0 Å². The topological polar surface area (TPSA) is 0 Å². The van der Waals surface area contributed by atoms with Gasteiger partial charge < -0.3 is 0 Å². The first kappa shape index (κ1) is 8.39. The summed E-state index contributed by atoms with van der Waals surface area (Å²) in [5, 5.41) is 0. The zero-order valence-corrected chi connectivity index (χ0v) is 8.00. The minimum absolute atomic E-state index is 1.29. The molecule has 0 atom stereocenters. The SMILES string of the molecule is c1ccc([S+]c2ccccc2)cc1. The smallest absolute Gasteiger partial charge is 0.0619 e. The highest BCUT2D eigenvalue weighted by molar-refractivity contribution is 7.78. The molecule has 1 radical (unpaired) electrons. The molecular formula is C12H10S+. The van der Waals surface area contributed by atoms with Gasteiger partial charge in [0.1, 0.15) is 0 Å². The lowest BCUT2D eigenvalue weighted by molar-refractivity contribution is 1.40. The van der Waals surface area contributed by atoms with Gasteiger partial charge in [-0.25, -0.2) is 0 Å². The van der Waals surface area contributed by atoms with E-state index in [4.69, 9.17) is 0 Å². The fraction of sp³-hybridized carbons (Fsp3) is 0. The van der Waals surface area contributed by atoms with Crippen LogP contribution in [0.25, 0.3) is 0 Å². The molecule has 2 aromatic carbocycles. The Morgan fingerprint density at radius 1 is 0.538 bits per heavy atom. The molecule has 1 heteroatoms. The highest BCUT2D eigenvalue weighted by Gasteiger charge is 2.11. The third-order valence-corrected chi connectivity index (χ3v) is 2.74. The predicted octanol–water partition coefficient (Wildman–Crippen LogP) is 3.19. The lowest BCUT2D eigenvalue weighted by Crippen LogP contribution is -1.82. The summed E-state index contributed by atoms with van der Waals surface area (Å²) in [6.45, 7) is 0. The Labute approximate surface area is 82.6 Å². The van der Waals surface area contributed by atoms with Crippen LogP contribution in [0.15, 0.2) is 70.5 Å². The monoisotopic (exact) mass is 186 g/mol. The molecule has 2 aromatic rings. The van der Waals surface area contributed by atoms with Crippen LogP contribution in [0, 0.1) is 0 Å². The first-order valence-electron chi connectivity index (χ1n) is 4.23. The normalized spacial score (nSPS) is 9.85. The van der Waals surface area contributed by atoms with Gasteiger partial charge in [0.25, 0.3) is 11.8 Å². The Hall–Kier alpha value is -1.21. The van der Waals surface area contributed by atoms with Crippen molar-refractivity contribution in [3.8, 4) is 0 Å². The second-order valence-corrected chi connectivity index (χ2v) is 3.88. The Kier molecular flexibility index (Phi) is 2.68. The third-order valence-electron chi connectivity index (χ3n) is 1.72. The highest BCUT2D eigenvalue weighted by Crippen LogP contribution is 2.10. The lowest BCUT2D eigenvalue weighted by Gasteiger charge is -1.84. The molecule has 2 rings (SSSR count). The van der Waals surface area contributed by atoms with Crippen LogP contribution < -0.4 is 0 Å². The molecule has 0 unspecified atom stereocenters.